The van der Waals surface area contributed by atoms with Crippen LogP contribution >= 0.6 is 8.25 Å². The summed E-state index contributed by atoms with van der Waals surface area (Å²) in [6.45, 7) is 8.38. The minimum absolute atomic E-state index is 0.0843. The van der Waals surface area contributed by atoms with Crippen molar-refractivity contribution in [2.45, 2.75) is 58.9 Å². The lowest BCUT2D eigenvalue weighted by Gasteiger charge is -2.10. The Morgan fingerprint density at radius 2 is 2.03 bits per heavy atom. The molecule has 8 heteroatoms. The van der Waals surface area contributed by atoms with Crippen LogP contribution in [0.1, 0.15) is 65.5 Å². The van der Waals surface area contributed by atoms with Crippen LogP contribution in [0.25, 0.3) is 0 Å². The number of rotatable bonds is 10. The summed E-state index contributed by atoms with van der Waals surface area (Å²) in [5, 5.41) is 7.87. The molecule has 1 aromatic carbocycles. The molecule has 1 saturated carbocycles. The maximum atomic E-state index is 12.9. The van der Waals surface area contributed by atoms with Crippen molar-refractivity contribution in [3.63, 3.8) is 0 Å². The Balaban J connectivity index is 1.24. The average Bonchev–Trinajstić information content (AvgIpc) is 3.04. The van der Waals surface area contributed by atoms with Crippen LogP contribution in [0.5, 0.6) is 0 Å². The maximum Gasteiger partial charge on any atom is 0.694 e. The summed E-state index contributed by atoms with van der Waals surface area (Å²) in [6, 6.07) is 8.28. The van der Waals surface area contributed by atoms with Crippen molar-refractivity contribution in [1.82, 2.24) is 15.1 Å². The van der Waals surface area contributed by atoms with Gasteiger partial charge in [0.25, 0.3) is 0 Å². The van der Waals surface area contributed by atoms with Gasteiger partial charge in [-0.05, 0) is 61.1 Å². The van der Waals surface area contributed by atoms with E-state index in [9.17, 15) is 9.36 Å². The molecule has 1 heterocycles. The van der Waals surface area contributed by atoms with Crippen LogP contribution in [0.4, 0.5) is 0 Å². The largest absolute Gasteiger partial charge is 0.694 e. The van der Waals surface area contributed by atoms with Gasteiger partial charge in [-0.15, -0.1) is 9.42 Å². The average molecular weight is 444 g/mol. The monoisotopic (exact) mass is 444 g/mol. The van der Waals surface area contributed by atoms with E-state index >= 15 is 0 Å². The number of hydrogen-bond donors (Lipinski definition) is 2. The lowest BCUT2D eigenvalue weighted by Crippen LogP contribution is -2.17. The molecule has 7 nitrogen and oxygen atoms in total. The van der Waals surface area contributed by atoms with Gasteiger partial charge in [0.2, 0.25) is 5.91 Å². The number of hydrogen-bond acceptors (Lipinski definition) is 5. The molecule has 1 fully saturated rings. The zero-order valence-electron chi connectivity index (χ0n) is 18.4. The number of nitrogens with one attached hydrogen (secondary N) is 1. The predicted octanol–water partition coefficient (Wildman–Crippen LogP) is 3.91. The van der Waals surface area contributed by atoms with Crippen molar-refractivity contribution in [2.75, 3.05) is 13.2 Å². The highest BCUT2D eigenvalue weighted by atomic mass is 31.1. The van der Waals surface area contributed by atoms with Crippen LogP contribution in [0.2, 0.25) is 0 Å². The maximum absolute atomic E-state index is 12.9. The Kier molecular flexibility index (Phi) is 6.40. The highest BCUT2D eigenvalue weighted by molar-refractivity contribution is 7.32. The fourth-order valence-corrected chi connectivity index (χ4v) is 5.34. The molecule has 0 bridgehead atoms. The molecule has 31 heavy (non-hydrogen) atoms. The highest BCUT2D eigenvalue weighted by Gasteiger charge is 2.64. The second kappa shape index (κ2) is 8.91. The molecule has 2 unspecified atom stereocenters. The third-order valence-corrected chi connectivity index (χ3v) is 7.30. The van der Waals surface area contributed by atoms with Gasteiger partial charge < -0.3 is 5.32 Å². The zero-order valence-corrected chi connectivity index (χ0v) is 19.3. The van der Waals surface area contributed by atoms with E-state index in [1.54, 1.807) is 4.68 Å². The number of carbonyl (C=O) groups is 1. The predicted molar refractivity (Wildman–Crippen MR) is 118 cm³/mol. The van der Waals surface area contributed by atoms with Crippen LogP contribution in [-0.4, -0.2) is 33.7 Å². The van der Waals surface area contributed by atoms with Gasteiger partial charge in [0, 0.05) is 23.1 Å². The van der Waals surface area contributed by atoms with E-state index in [1.807, 2.05) is 6.92 Å². The molecule has 3 atom stereocenters. The summed E-state index contributed by atoms with van der Waals surface area (Å²) in [5.74, 6) is 1.34. The van der Waals surface area contributed by atoms with Gasteiger partial charge in [0.15, 0.2) is 0 Å². The first kappa shape index (κ1) is 22.3. The Morgan fingerprint density at radius 1 is 1.32 bits per heavy atom. The normalized spacial score (nSPS) is 21.0. The highest BCUT2D eigenvalue weighted by Crippen LogP contribution is 2.70. The van der Waals surface area contributed by atoms with Gasteiger partial charge in [-0.3, -0.25) is 4.79 Å². The quantitative estimate of drug-likeness (QED) is 0.426. The molecule has 0 amide bonds. The Hall–Kier alpha value is -1.92. The van der Waals surface area contributed by atoms with Crippen LogP contribution < -0.4 is 5.32 Å². The molecule has 2 aromatic rings. The van der Waals surface area contributed by atoms with Gasteiger partial charge in [0.1, 0.15) is 6.61 Å². The number of aryl methyl sites for hydroxylation is 2. The third kappa shape index (κ3) is 4.65. The standard InChI is InChI=1S/C23H30N3O4P/c1-15-21-19(13-18-22(21)23(18,2)3)26(25-15)20(27)10-9-16-5-7-17(8-6-16)14-24-11-4-12-30-31(28)29/h5-8,18,22,24H,4,9-14H2,1-3H3/p+1/t18-,22?/m0/s1. The topological polar surface area (TPSA) is 93.5 Å². The molecule has 2 aliphatic carbocycles. The van der Waals surface area contributed by atoms with Gasteiger partial charge in [-0.1, -0.05) is 38.1 Å². The van der Waals surface area contributed by atoms with Crippen molar-refractivity contribution in [3.05, 3.63) is 52.3 Å². The molecular formula is C23H31N3O4P+. The number of benzene rings is 1. The molecule has 2 aliphatic rings. The van der Waals surface area contributed by atoms with Crippen molar-refractivity contribution in [1.29, 1.82) is 0 Å². The first-order chi connectivity index (χ1) is 14.8. The van der Waals surface area contributed by atoms with Gasteiger partial charge >= 0.3 is 8.25 Å². The minimum atomic E-state index is -2.50. The zero-order chi connectivity index (χ0) is 22.2. The van der Waals surface area contributed by atoms with Gasteiger partial charge in [-0.25, -0.2) is 4.68 Å². The third-order valence-electron chi connectivity index (χ3n) is 6.90. The molecule has 0 aliphatic heterocycles. The van der Waals surface area contributed by atoms with Crippen molar-refractivity contribution in [3.8, 4) is 0 Å². The Bertz CT molecular complexity index is 983. The molecule has 1 aromatic heterocycles. The summed E-state index contributed by atoms with van der Waals surface area (Å²) < 4.78 is 16.7. The number of carbonyl (C=O) groups excluding carboxylic acids is 1. The first-order valence-corrected chi connectivity index (χ1v) is 12.1. The summed E-state index contributed by atoms with van der Waals surface area (Å²) in [5.41, 5.74) is 6.16. The van der Waals surface area contributed by atoms with E-state index in [0.29, 0.717) is 43.1 Å². The minimum Gasteiger partial charge on any atom is -0.313 e. The number of aromatic nitrogens is 2. The Labute approximate surface area is 184 Å². The van der Waals surface area contributed by atoms with E-state index in [2.05, 4.69) is 53.1 Å². The van der Waals surface area contributed by atoms with E-state index in [-0.39, 0.29) is 12.5 Å². The van der Waals surface area contributed by atoms with Gasteiger partial charge in [0.05, 0.1) is 11.4 Å². The molecule has 4 rings (SSSR count). The van der Waals surface area contributed by atoms with Crippen LogP contribution in [-0.2, 0) is 28.5 Å². The van der Waals surface area contributed by atoms with Crippen molar-refractivity contribution < 1.29 is 18.8 Å². The van der Waals surface area contributed by atoms with Gasteiger partial charge in [-0.2, -0.15) is 5.10 Å². The lowest BCUT2D eigenvalue weighted by molar-refractivity contribution is 0.0882. The number of fused-ring (bicyclic) bond motifs is 3. The van der Waals surface area contributed by atoms with E-state index in [4.69, 9.17) is 4.89 Å². The summed E-state index contributed by atoms with van der Waals surface area (Å²) in [6.07, 6.45) is 2.81. The fraction of sp³-hybridized carbons (Fsp3) is 0.565. The summed E-state index contributed by atoms with van der Waals surface area (Å²) in [7, 11) is -2.50. The fourth-order valence-electron chi connectivity index (χ4n) is 5.05. The van der Waals surface area contributed by atoms with Crippen LogP contribution in [0.3, 0.4) is 0 Å². The van der Waals surface area contributed by atoms with Crippen molar-refractivity contribution >= 4 is 14.2 Å². The molecular weight excluding hydrogens is 413 g/mol. The molecule has 0 spiro atoms. The smallest absolute Gasteiger partial charge is 0.313 e. The first-order valence-electron chi connectivity index (χ1n) is 11.0. The molecule has 0 saturated heterocycles. The van der Waals surface area contributed by atoms with E-state index in [0.717, 1.165) is 35.5 Å². The Morgan fingerprint density at radius 3 is 2.74 bits per heavy atom. The van der Waals surface area contributed by atoms with E-state index < -0.39 is 8.25 Å². The second-order valence-corrected chi connectivity index (χ2v) is 10.0. The SMILES string of the molecule is Cc1nn(C(=O)CCc2ccc(CNCCCO[P+](=O)O)cc2)c2c1C1[C@H](C2)C1(C)C. The number of nitrogens with zero attached hydrogens (tertiary/aromatic N) is 2. The van der Waals surface area contributed by atoms with E-state index in [1.165, 1.54) is 5.56 Å². The summed E-state index contributed by atoms with van der Waals surface area (Å²) in [4.78, 5) is 21.4. The molecule has 166 valence electrons. The lowest BCUT2D eigenvalue weighted by atomic mass is 9.98. The summed E-state index contributed by atoms with van der Waals surface area (Å²) >= 11 is 0. The molecule has 2 N–H and O–H groups in total. The second-order valence-electron chi connectivity index (χ2n) is 9.28. The van der Waals surface area contributed by atoms with Crippen molar-refractivity contribution in [2.24, 2.45) is 11.3 Å². The van der Waals surface area contributed by atoms with Crippen LogP contribution in [0, 0.1) is 18.3 Å². The van der Waals surface area contributed by atoms with Crippen LogP contribution in [0.15, 0.2) is 24.3 Å². The molecule has 0 radical (unpaired) electrons.